The highest BCUT2D eigenvalue weighted by Crippen LogP contribution is 2.21. The second-order valence-electron chi connectivity index (χ2n) is 6.40. The number of hydrogen-bond acceptors (Lipinski definition) is 4. The molecule has 0 unspecified atom stereocenters. The van der Waals surface area contributed by atoms with E-state index in [1.54, 1.807) is 30.3 Å². The molecule has 4 rings (SSSR count). The maximum Gasteiger partial charge on any atom is 0.273 e. The number of aromatic nitrogens is 4. The van der Waals surface area contributed by atoms with E-state index in [0.29, 0.717) is 28.6 Å². The van der Waals surface area contributed by atoms with Crippen LogP contribution >= 0.6 is 11.6 Å². The smallest absolute Gasteiger partial charge is 0.273 e. The van der Waals surface area contributed by atoms with E-state index in [1.807, 2.05) is 48.5 Å². The number of anilines is 1. The number of nitrogens with one attached hydrogen (secondary N) is 2. The number of benzene rings is 2. The minimum Gasteiger partial charge on any atom is -0.497 e. The van der Waals surface area contributed by atoms with E-state index < -0.39 is 0 Å². The number of H-pyrrole nitrogens is 1. The number of hydrogen-bond donors (Lipinski definition) is 2. The molecule has 0 fully saturated rings. The molecule has 0 bridgehead atoms. The van der Waals surface area contributed by atoms with Crippen LogP contribution in [0.2, 0.25) is 5.02 Å². The molecule has 0 atom stereocenters. The van der Waals surface area contributed by atoms with Crippen molar-refractivity contribution in [2.24, 2.45) is 0 Å². The van der Waals surface area contributed by atoms with Gasteiger partial charge in [-0.15, -0.1) is 0 Å². The van der Waals surface area contributed by atoms with Gasteiger partial charge >= 0.3 is 0 Å². The van der Waals surface area contributed by atoms with Gasteiger partial charge in [0.25, 0.3) is 5.91 Å². The van der Waals surface area contributed by atoms with Crippen LogP contribution in [0.1, 0.15) is 16.1 Å². The molecule has 29 heavy (non-hydrogen) atoms. The van der Waals surface area contributed by atoms with E-state index in [-0.39, 0.29) is 5.91 Å². The lowest BCUT2D eigenvalue weighted by molar-refractivity contribution is 0.102. The Morgan fingerprint density at radius 3 is 2.66 bits per heavy atom. The summed E-state index contributed by atoms with van der Waals surface area (Å²) in [4.78, 5) is 12.5. The largest absolute Gasteiger partial charge is 0.497 e. The van der Waals surface area contributed by atoms with Gasteiger partial charge in [0, 0.05) is 16.8 Å². The van der Waals surface area contributed by atoms with Gasteiger partial charge in [0.05, 0.1) is 31.2 Å². The summed E-state index contributed by atoms with van der Waals surface area (Å²) in [5, 5.41) is 14.8. The summed E-state index contributed by atoms with van der Waals surface area (Å²) >= 11 is 5.91. The van der Waals surface area contributed by atoms with Crippen molar-refractivity contribution >= 4 is 23.2 Å². The third kappa shape index (κ3) is 4.47. The van der Waals surface area contributed by atoms with Crippen LogP contribution in [0, 0.1) is 0 Å². The maximum absolute atomic E-state index is 12.5. The Hall–Kier alpha value is -3.58. The number of rotatable bonds is 6. The molecule has 0 aliphatic heterocycles. The molecule has 146 valence electrons. The number of ether oxygens (including phenoxy) is 1. The molecule has 0 aliphatic rings. The van der Waals surface area contributed by atoms with E-state index in [9.17, 15) is 4.79 Å². The van der Waals surface area contributed by atoms with E-state index >= 15 is 0 Å². The highest BCUT2D eigenvalue weighted by Gasteiger charge is 2.12. The Bertz CT molecular complexity index is 1120. The molecule has 0 aliphatic carbocycles. The van der Waals surface area contributed by atoms with Gasteiger partial charge in [-0.3, -0.25) is 14.6 Å². The second kappa shape index (κ2) is 8.20. The van der Waals surface area contributed by atoms with Gasteiger partial charge in [-0.25, -0.2) is 0 Å². The number of halogens is 1. The van der Waals surface area contributed by atoms with E-state index in [4.69, 9.17) is 16.3 Å². The lowest BCUT2D eigenvalue weighted by atomic mass is 10.1. The quantitative estimate of drug-likeness (QED) is 0.500. The Labute approximate surface area is 172 Å². The zero-order valence-electron chi connectivity index (χ0n) is 15.6. The fraction of sp³-hybridized carbons (Fsp3) is 0.0952. The standard InChI is InChI=1S/C21H18ClN5O2/c1-29-18-8-4-15(5-9-18)19-10-20(26-25-19)21(28)24-17-11-23-27(13-17)12-14-2-6-16(22)7-3-14/h2-11,13H,12H2,1H3,(H,24,28)(H,25,26). The van der Waals surface area contributed by atoms with Crippen molar-refractivity contribution in [1.82, 2.24) is 20.0 Å². The summed E-state index contributed by atoms with van der Waals surface area (Å²) in [6.45, 7) is 0.582. The zero-order valence-corrected chi connectivity index (χ0v) is 16.3. The summed E-state index contributed by atoms with van der Waals surface area (Å²) < 4.78 is 6.90. The third-order valence-electron chi connectivity index (χ3n) is 4.36. The fourth-order valence-electron chi connectivity index (χ4n) is 2.84. The van der Waals surface area contributed by atoms with Crippen LogP contribution in [-0.4, -0.2) is 33.0 Å². The van der Waals surface area contributed by atoms with Gasteiger partial charge in [-0.1, -0.05) is 23.7 Å². The molecule has 1 amide bonds. The van der Waals surface area contributed by atoms with Crippen LogP contribution in [0.3, 0.4) is 0 Å². The van der Waals surface area contributed by atoms with Crippen molar-refractivity contribution in [3.63, 3.8) is 0 Å². The first kappa shape index (κ1) is 18.8. The number of nitrogens with zero attached hydrogens (tertiary/aromatic N) is 3. The molecule has 0 radical (unpaired) electrons. The van der Waals surface area contributed by atoms with Crippen LogP contribution in [0.5, 0.6) is 5.75 Å². The summed E-state index contributed by atoms with van der Waals surface area (Å²) in [6, 6.07) is 16.7. The van der Waals surface area contributed by atoms with Crippen LogP contribution < -0.4 is 10.1 Å². The fourth-order valence-corrected chi connectivity index (χ4v) is 2.96. The van der Waals surface area contributed by atoms with Crippen molar-refractivity contribution in [2.45, 2.75) is 6.54 Å². The Kier molecular flexibility index (Phi) is 5.31. The monoisotopic (exact) mass is 407 g/mol. The number of amides is 1. The van der Waals surface area contributed by atoms with Crippen molar-refractivity contribution in [1.29, 1.82) is 0 Å². The normalized spacial score (nSPS) is 10.7. The van der Waals surface area contributed by atoms with Gasteiger partial charge < -0.3 is 10.1 Å². The molecule has 2 aromatic carbocycles. The molecule has 2 heterocycles. The first-order chi connectivity index (χ1) is 14.1. The van der Waals surface area contributed by atoms with Gasteiger partial charge in [0.2, 0.25) is 0 Å². The SMILES string of the molecule is COc1ccc(-c2cc(C(=O)Nc3cnn(Cc4ccc(Cl)cc4)c3)[nH]n2)cc1. The first-order valence-electron chi connectivity index (χ1n) is 8.89. The molecule has 0 saturated heterocycles. The van der Waals surface area contributed by atoms with Crippen LogP contribution in [0.25, 0.3) is 11.3 Å². The Morgan fingerprint density at radius 2 is 1.93 bits per heavy atom. The molecule has 2 N–H and O–H groups in total. The summed E-state index contributed by atoms with van der Waals surface area (Å²) in [5.74, 6) is 0.473. The lowest BCUT2D eigenvalue weighted by Gasteiger charge is -2.02. The van der Waals surface area contributed by atoms with Gasteiger partial charge in [-0.05, 0) is 48.0 Å². The number of aromatic amines is 1. The molecule has 4 aromatic rings. The van der Waals surface area contributed by atoms with Crippen LogP contribution in [0.4, 0.5) is 5.69 Å². The van der Waals surface area contributed by atoms with Crippen molar-refractivity contribution in [2.75, 3.05) is 12.4 Å². The predicted octanol–water partition coefficient (Wildman–Crippen LogP) is 4.24. The first-order valence-corrected chi connectivity index (χ1v) is 9.26. The van der Waals surface area contributed by atoms with Crippen LogP contribution in [-0.2, 0) is 6.54 Å². The van der Waals surface area contributed by atoms with Crippen molar-refractivity contribution in [3.05, 3.63) is 83.3 Å². The van der Waals surface area contributed by atoms with E-state index in [1.165, 1.54) is 0 Å². The average Bonchev–Trinajstić information content (AvgIpc) is 3.40. The molecule has 8 heteroatoms. The van der Waals surface area contributed by atoms with Gasteiger partial charge in [0.1, 0.15) is 11.4 Å². The summed E-state index contributed by atoms with van der Waals surface area (Å²) in [6.07, 6.45) is 3.38. The zero-order chi connectivity index (χ0) is 20.2. The molecule has 0 saturated carbocycles. The Morgan fingerprint density at radius 1 is 1.17 bits per heavy atom. The third-order valence-corrected chi connectivity index (χ3v) is 4.61. The van der Waals surface area contributed by atoms with E-state index in [2.05, 4.69) is 20.6 Å². The number of methoxy groups -OCH3 is 1. The van der Waals surface area contributed by atoms with Crippen molar-refractivity contribution in [3.8, 4) is 17.0 Å². The topological polar surface area (TPSA) is 84.8 Å². The average molecular weight is 408 g/mol. The Balaban J connectivity index is 1.41. The van der Waals surface area contributed by atoms with E-state index in [0.717, 1.165) is 16.9 Å². The highest BCUT2D eigenvalue weighted by atomic mass is 35.5. The van der Waals surface area contributed by atoms with Gasteiger partial charge in [-0.2, -0.15) is 10.2 Å². The van der Waals surface area contributed by atoms with Crippen LogP contribution in [0.15, 0.2) is 67.0 Å². The van der Waals surface area contributed by atoms with Crippen molar-refractivity contribution < 1.29 is 9.53 Å². The lowest BCUT2D eigenvalue weighted by Crippen LogP contribution is -2.11. The molecular weight excluding hydrogens is 390 g/mol. The number of carbonyl (C=O) groups excluding carboxylic acids is 1. The highest BCUT2D eigenvalue weighted by molar-refractivity contribution is 6.30. The minimum absolute atomic E-state index is 0.289. The summed E-state index contributed by atoms with van der Waals surface area (Å²) in [7, 11) is 1.61. The number of carbonyl (C=O) groups is 1. The molecule has 7 nitrogen and oxygen atoms in total. The molecule has 0 spiro atoms. The minimum atomic E-state index is -0.289. The summed E-state index contributed by atoms with van der Waals surface area (Å²) in [5.41, 5.74) is 3.59. The molecule has 2 aromatic heterocycles. The molecular formula is C21H18ClN5O2. The van der Waals surface area contributed by atoms with Gasteiger partial charge in [0.15, 0.2) is 0 Å². The maximum atomic E-state index is 12.5. The predicted molar refractivity (Wildman–Crippen MR) is 111 cm³/mol. The second-order valence-corrected chi connectivity index (χ2v) is 6.84.